The van der Waals surface area contributed by atoms with E-state index in [0.29, 0.717) is 13.1 Å². The summed E-state index contributed by atoms with van der Waals surface area (Å²) in [7, 11) is 0. The zero-order valence-electron chi connectivity index (χ0n) is 17.0. The molecule has 6 nitrogen and oxygen atoms in total. The Balaban J connectivity index is 0.000000213. The Bertz CT molecular complexity index is 781. The molecular weight excluding hydrogens is 420 g/mol. The molecule has 0 saturated carbocycles. The molecule has 2 radical (unpaired) electrons. The zero-order valence-corrected chi connectivity index (χ0v) is 18.6. The molecule has 4 aromatic rings. The number of rotatable bonds is 8. The third-order valence-corrected chi connectivity index (χ3v) is 3.79. The van der Waals surface area contributed by atoms with E-state index in [-0.39, 0.29) is 21.7 Å². The summed E-state index contributed by atoms with van der Waals surface area (Å²) in [5, 5.41) is 8.52. The van der Waals surface area contributed by atoms with Gasteiger partial charge in [0, 0.05) is 47.6 Å². The first kappa shape index (κ1) is 24.5. The first-order valence-corrected chi connectivity index (χ1v) is 9.52. The van der Waals surface area contributed by atoms with Crippen molar-refractivity contribution in [1.82, 2.24) is 19.9 Å². The smallest absolute Gasteiger partial charge is 0.652 e. The molecule has 7 heteroatoms. The first-order chi connectivity index (χ1) is 14.9. The van der Waals surface area contributed by atoms with Crippen molar-refractivity contribution in [2.24, 2.45) is 0 Å². The minimum absolute atomic E-state index is 0. The van der Waals surface area contributed by atoms with Gasteiger partial charge in [0.25, 0.3) is 0 Å². The maximum atomic E-state index is 4.39. The summed E-state index contributed by atoms with van der Waals surface area (Å²) < 4.78 is 0. The van der Waals surface area contributed by atoms with Crippen LogP contribution in [0.1, 0.15) is 22.8 Å². The Labute approximate surface area is 198 Å². The van der Waals surface area contributed by atoms with Crippen LogP contribution in [0.2, 0.25) is 0 Å². The van der Waals surface area contributed by atoms with Crippen LogP contribution in [0.4, 0.5) is 0 Å². The molecule has 0 bridgehead atoms. The Morgan fingerprint density at radius 3 is 1.32 bits per heavy atom. The van der Waals surface area contributed by atoms with Crippen LogP contribution in [0.5, 0.6) is 0 Å². The molecule has 0 saturated heterocycles. The number of nitrogens with zero attached hydrogens (tertiary/aromatic N) is 6. The van der Waals surface area contributed by atoms with Gasteiger partial charge >= 0.3 is 21.7 Å². The summed E-state index contributed by atoms with van der Waals surface area (Å²) in [6.07, 6.45) is 7.04. The Morgan fingerprint density at radius 2 is 0.968 bits per heavy atom. The second kappa shape index (κ2) is 15.1. The van der Waals surface area contributed by atoms with Gasteiger partial charge in [0.2, 0.25) is 0 Å². The van der Waals surface area contributed by atoms with Gasteiger partial charge in [0.05, 0.1) is 0 Å². The molecule has 0 fully saturated rings. The van der Waals surface area contributed by atoms with Gasteiger partial charge < -0.3 is 10.6 Å². The Kier molecular flexibility index (Phi) is 11.9. The van der Waals surface area contributed by atoms with E-state index in [0.717, 1.165) is 22.8 Å². The summed E-state index contributed by atoms with van der Waals surface area (Å²) in [5.41, 5.74) is 3.66. The first-order valence-electron chi connectivity index (χ1n) is 9.52. The van der Waals surface area contributed by atoms with Crippen molar-refractivity contribution in [1.29, 1.82) is 0 Å². The van der Waals surface area contributed by atoms with E-state index < -0.39 is 0 Å². The molecule has 152 valence electrons. The van der Waals surface area contributed by atoms with Crippen molar-refractivity contribution >= 4 is 0 Å². The SMILES string of the molecule is [CH]([N-][CH]c1ccccn1)c1ccccn1.[Ti+2].c1ccc(C[N-]Cc2ccccn2)nc1. The van der Waals surface area contributed by atoms with E-state index >= 15 is 0 Å². The zero-order chi connectivity index (χ0) is 20.7. The Hall–Kier alpha value is -2.77. The second-order valence-corrected chi connectivity index (χ2v) is 6.10. The molecule has 4 rings (SSSR count). The molecule has 31 heavy (non-hydrogen) atoms. The van der Waals surface area contributed by atoms with Gasteiger partial charge in [-0.15, -0.1) is 26.2 Å². The van der Waals surface area contributed by atoms with Gasteiger partial charge in [-0.1, -0.05) is 24.3 Å². The maximum absolute atomic E-state index is 4.39. The van der Waals surface area contributed by atoms with E-state index in [1.54, 1.807) is 37.9 Å². The third-order valence-electron chi connectivity index (χ3n) is 3.79. The molecule has 0 unspecified atom stereocenters. The van der Waals surface area contributed by atoms with Gasteiger partial charge in [-0.25, -0.2) is 0 Å². The van der Waals surface area contributed by atoms with Crippen LogP contribution in [0, 0.1) is 13.1 Å². The predicted octanol–water partition coefficient (Wildman–Crippen LogP) is 5.12. The number of hydrogen-bond acceptors (Lipinski definition) is 4. The summed E-state index contributed by atoms with van der Waals surface area (Å²) in [6, 6.07) is 23.1. The minimum Gasteiger partial charge on any atom is -0.652 e. The summed E-state index contributed by atoms with van der Waals surface area (Å²) in [6.45, 7) is 4.71. The molecule has 0 aliphatic heterocycles. The van der Waals surface area contributed by atoms with Gasteiger partial charge in [0.15, 0.2) is 0 Å². The maximum Gasteiger partial charge on any atom is 2.00 e. The number of aromatic nitrogens is 4. The molecule has 0 aliphatic rings. The molecule has 0 aliphatic carbocycles. The van der Waals surface area contributed by atoms with Gasteiger partial charge in [-0.05, 0) is 48.5 Å². The van der Waals surface area contributed by atoms with Crippen molar-refractivity contribution in [2.45, 2.75) is 13.1 Å². The van der Waals surface area contributed by atoms with Gasteiger partial charge in [-0.3, -0.25) is 19.9 Å². The predicted molar refractivity (Wildman–Crippen MR) is 118 cm³/mol. The van der Waals surface area contributed by atoms with E-state index in [2.05, 4.69) is 30.6 Å². The number of hydrogen-bond donors (Lipinski definition) is 0. The quantitative estimate of drug-likeness (QED) is 0.355. The van der Waals surface area contributed by atoms with Crippen LogP contribution < -0.4 is 0 Å². The summed E-state index contributed by atoms with van der Waals surface area (Å²) >= 11 is 0. The third kappa shape index (κ3) is 10.2. The summed E-state index contributed by atoms with van der Waals surface area (Å²) in [4.78, 5) is 16.6. The summed E-state index contributed by atoms with van der Waals surface area (Å²) in [5.74, 6) is 0. The van der Waals surface area contributed by atoms with Crippen molar-refractivity contribution in [3.8, 4) is 0 Å². The standard InChI is InChI=1S/C12H12N3.C12H10N3.Ti/c2*1-3-7-14-11(5-1)9-13-10-12-6-2-4-8-15-12;/h1-8H,9-10H2;1-10H;/q2*-1;+2. The van der Waals surface area contributed by atoms with Crippen LogP contribution in [-0.2, 0) is 34.8 Å². The molecule has 0 atom stereocenters. The molecule has 4 aromatic heterocycles. The normalized spacial score (nSPS) is 9.81. The second-order valence-electron chi connectivity index (χ2n) is 6.10. The van der Waals surface area contributed by atoms with E-state index in [4.69, 9.17) is 0 Å². The molecule has 0 N–H and O–H groups in total. The van der Waals surface area contributed by atoms with E-state index in [1.807, 2.05) is 72.8 Å². The van der Waals surface area contributed by atoms with Gasteiger partial charge in [0.1, 0.15) is 0 Å². The fourth-order valence-electron chi connectivity index (χ4n) is 2.36. The van der Waals surface area contributed by atoms with Crippen molar-refractivity contribution in [3.05, 3.63) is 144 Å². The van der Waals surface area contributed by atoms with Crippen molar-refractivity contribution in [2.75, 3.05) is 0 Å². The number of pyridine rings is 4. The average Bonchev–Trinajstić information content (AvgIpc) is 2.82. The fraction of sp³-hybridized carbons (Fsp3) is 0.0833. The topological polar surface area (TPSA) is 79.8 Å². The Morgan fingerprint density at radius 1 is 0.548 bits per heavy atom. The fourth-order valence-corrected chi connectivity index (χ4v) is 2.36. The van der Waals surface area contributed by atoms with Crippen LogP contribution in [-0.4, -0.2) is 19.9 Å². The monoisotopic (exact) mass is 442 g/mol. The van der Waals surface area contributed by atoms with Crippen LogP contribution in [0.3, 0.4) is 0 Å². The average molecular weight is 442 g/mol. The molecule has 0 aromatic carbocycles. The van der Waals surface area contributed by atoms with Crippen LogP contribution in [0.25, 0.3) is 10.6 Å². The molecule has 0 spiro atoms. The largest absolute Gasteiger partial charge is 2.00 e. The van der Waals surface area contributed by atoms with Crippen LogP contribution in [0.15, 0.2) is 97.6 Å². The molecule has 0 amide bonds. The molecular formula is C24H22N6Ti. The molecule has 4 heterocycles. The van der Waals surface area contributed by atoms with Crippen LogP contribution >= 0.6 is 0 Å². The van der Waals surface area contributed by atoms with Crippen molar-refractivity contribution in [3.63, 3.8) is 0 Å². The van der Waals surface area contributed by atoms with Crippen molar-refractivity contribution < 1.29 is 21.7 Å². The minimum atomic E-state index is 0. The van der Waals surface area contributed by atoms with E-state index in [9.17, 15) is 0 Å². The van der Waals surface area contributed by atoms with E-state index in [1.165, 1.54) is 0 Å². The van der Waals surface area contributed by atoms with Gasteiger partial charge in [-0.2, -0.15) is 0 Å².